The second-order valence-electron chi connectivity index (χ2n) is 9.44. The molecule has 0 amide bonds. The van der Waals surface area contributed by atoms with Crippen molar-refractivity contribution in [3.8, 4) is 28.0 Å². The third kappa shape index (κ3) is 6.14. The third-order valence-corrected chi connectivity index (χ3v) is 8.16. The molecule has 0 aliphatic rings. The van der Waals surface area contributed by atoms with E-state index in [1.54, 1.807) is 48.5 Å². The van der Waals surface area contributed by atoms with E-state index in [1.165, 1.54) is 19.2 Å². The van der Waals surface area contributed by atoms with E-state index in [0.29, 0.717) is 33.8 Å². The van der Waals surface area contributed by atoms with Crippen LogP contribution in [0, 0.1) is 0 Å². The fourth-order valence-corrected chi connectivity index (χ4v) is 5.90. The van der Waals surface area contributed by atoms with Gasteiger partial charge in [0.1, 0.15) is 10.8 Å². The standard InChI is InChI=1S/C33H22Cl4N2O5/c1-44-26-14-12-22(34)30(28(26)36)39-25-13-11-18(15-21(25)33(42)43)20-16-23(35)31(29(37)27(20)17-7-3-2-4-8-17)38-24-10-6-5-9-19(24)32(40)41/h2-16,38-39H,1H3,(H,40,41)(H,42,43). The molecule has 0 saturated carbocycles. The van der Waals surface area contributed by atoms with Crippen LogP contribution in [-0.4, -0.2) is 29.3 Å². The number of carboxylic acid groups (broad SMARTS) is 2. The molecule has 0 aliphatic carbocycles. The number of anilines is 4. The highest BCUT2D eigenvalue weighted by atomic mass is 35.5. The molecule has 222 valence electrons. The summed E-state index contributed by atoms with van der Waals surface area (Å²) in [7, 11) is 1.46. The summed E-state index contributed by atoms with van der Waals surface area (Å²) in [6, 6.07) is 25.3. The van der Waals surface area contributed by atoms with Crippen LogP contribution >= 0.6 is 46.4 Å². The Hall–Kier alpha value is -4.40. The Bertz CT molecular complexity index is 1920. The second-order valence-corrected chi connectivity index (χ2v) is 11.0. The van der Waals surface area contributed by atoms with Gasteiger partial charge in [-0.2, -0.15) is 0 Å². The Morgan fingerprint density at radius 1 is 0.636 bits per heavy atom. The molecule has 0 aromatic heterocycles. The van der Waals surface area contributed by atoms with Crippen LogP contribution in [-0.2, 0) is 0 Å². The molecule has 0 unspecified atom stereocenters. The number of rotatable bonds is 9. The number of aromatic carboxylic acids is 2. The van der Waals surface area contributed by atoms with Crippen molar-refractivity contribution in [2.75, 3.05) is 17.7 Å². The summed E-state index contributed by atoms with van der Waals surface area (Å²) in [6.45, 7) is 0. The predicted octanol–water partition coefficient (Wildman–Crippen LogP) is 10.5. The van der Waals surface area contributed by atoms with E-state index in [-0.39, 0.29) is 42.6 Å². The minimum absolute atomic E-state index is 0.0374. The monoisotopic (exact) mass is 666 g/mol. The summed E-state index contributed by atoms with van der Waals surface area (Å²) in [4.78, 5) is 24.3. The molecule has 0 heterocycles. The van der Waals surface area contributed by atoms with E-state index in [2.05, 4.69) is 10.6 Å². The molecular weight excluding hydrogens is 646 g/mol. The van der Waals surface area contributed by atoms with Crippen molar-refractivity contribution in [2.24, 2.45) is 0 Å². The van der Waals surface area contributed by atoms with E-state index in [9.17, 15) is 19.8 Å². The highest BCUT2D eigenvalue weighted by molar-refractivity contribution is 6.42. The molecule has 0 saturated heterocycles. The van der Waals surface area contributed by atoms with E-state index >= 15 is 0 Å². The van der Waals surface area contributed by atoms with Crippen LogP contribution in [0.4, 0.5) is 22.7 Å². The first kappa shape index (κ1) is 31.0. The van der Waals surface area contributed by atoms with Gasteiger partial charge in [0.15, 0.2) is 0 Å². The molecule has 0 bridgehead atoms. The predicted molar refractivity (Wildman–Crippen MR) is 177 cm³/mol. The maximum absolute atomic E-state index is 12.5. The highest BCUT2D eigenvalue weighted by Crippen LogP contribution is 2.47. The van der Waals surface area contributed by atoms with Gasteiger partial charge in [-0.1, -0.05) is 94.9 Å². The van der Waals surface area contributed by atoms with Gasteiger partial charge in [0, 0.05) is 5.56 Å². The van der Waals surface area contributed by atoms with Gasteiger partial charge < -0.3 is 25.6 Å². The Labute approximate surface area is 272 Å². The maximum Gasteiger partial charge on any atom is 0.337 e. The van der Waals surface area contributed by atoms with Gasteiger partial charge in [0.05, 0.1) is 56.1 Å². The first-order valence-corrected chi connectivity index (χ1v) is 14.4. The number of methoxy groups -OCH3 is 1. The number of para-hydroxylation sites is 1. The number of ether oxygens (including phenoxy) is 1. The van der Waals surface area contributed by atoms with Gasteiger partial charge >= 0.3 is 11.9 Å². The summed E-state index contributed by atoms with van der Waals surface area (Å²) in [6.07, 6.45) is 0. The zero-order valence-electron chi connectivity index (χ0n) is 22.8. The molecule has 4 N–H and O–H groups in total. The Morgan fingerprint density at radius 2 is 1.25 bits per heavy atom. The first-order valence-electron chi connectivity index (χ1n) is 12.9. The number of hydrogen-bond acceptors (Lipinski definition) is 5. The van der Waals surface area contributed by atoms with E-state index < -0.39 is 11.9 Å². The lowest BCUT2D eigenvalue weighted by atomic mass is 9.92. The molecule has 5 aromatic rings. The Balaban J connectivity index is 1.67. The molecule has 5 rings (SSSR count). The number of hydrogen-bond donors (Lipinski definition) is 4. The molecular formula is C33H22Cl4N2O5. The highest BCUT2D eigenvalue weighted by Gasteiger charge is 2.23. The summed E-state index contributed by atoms with van der Waals surface area (Å²) < 4.78 is 5.27. The maximum atomic E-state index is 12.5. The van der Waals surface area contributed by atoms with Crippen LogP contribution in [0.25, 0.3) is 22.3 Å². The van der Waals surface area contributed by atoms with Crippen molar-refractivity contribution in [2.45, 2.75) is 0 Å². The quantitative estimate of drug-likeness (QED) is 0.124. The fourth-order valence-electron chi connectivity index (χ4n) is 4.70. The van der Waals surface area contributed by atoms with E-state index in [4.69, 9.17) is 51.1 Å². The number of nitrogens with one attached hydrogen (secondary N) is 2. The van der Waals surface area contributed by atoms with Gasteiger partial charge in [-0.15, -0.1) is 0 Å². The van der Waals surface area contributed by atoms with Gasteiger partial charge in [-0.3, -0.25) is 0 Å². The number of carboxylic acids is 2. The number of carbonyl (C=O) groups is 2. The topological polar surface area (TPSA) is 108 Å². The minimum Gasteiger partial charge on any atom is -0.495 e. The number of benzene rings is 5. The average Bonchev–Trinajstić information content (AvgIpc) is 3.01. The van der Waals surface area contributed by atoms with Crippen molar-refractivity contribution >= 4 is 81.1 Å². The summed E-state index contributed by atoms with van der Waals surface area (Å²) in [5.74, 6) is -1.96. The molecule has 0 spiro atoms. The second kappa shape index (κ2) is 13.1. The smallest absolute Gasteiger partial charge is 0.337 e. The van der Waals surface area contributed by atoms with Crippen molar-refractivity contribution in [3.05, 3.63) is 122 Å². The van der Waals surface area contributed by atoms with E-state index in [1.807, 2.05) is 30.3 Å². The van der Waals surface area contributed by atoms with Crippen molar-refractivity contribution in [3.63, 3.8) is 0 Å². The SMILES string of the molecule is COc1ccc(Cl)c(Nc2ccc(-c3cc(Cl)c(Nc4ccccc4C(=O)O)c(Cl)c3-c3ccccc3)cc2C(=O)O)c1Cl. The van der Waals surface area contributed by atoms with Gasteiger partial charge in [0.25, 0.3) is 0 Å². The summed E-state index contributed by atoms with van der Waals surface area (Å²) >= 11 is 26.6. The molecule has 0 radical (unpaired) electrons. The molecule has 5 aromatic carbocycles. The largest absolute Gasteiger partial charge is 0.495 e. The molecule has 0 fully saturated rings. The van der Waals surface area contributed by atoms with Crippen molar-refractivity contribution in [1.29, 1.82) is 0 Å². The molecule has 0 atom stereocenters. The van der Waals surface area contributed by atoms with Gasteiger partial charge in [0.2, 0.25) is 0 Å². The normalized spacial score (nSPS) is 10.8. The minimum atomic E-state index is -1.20. The molecule has 0 aliphatic heterocycles. The van der Waals surface area contributed by atoms with Crippen LogP contribution < -0.4 is 15.4 Å². The van der Waals surface area contributed by atoms with Crippen molar-refractivity contribution < 1.29 is 24.5 Å². The van der Waals surface area contributed by atoms with Crippen LogP contribution in [0.5, 0.6) is 5.75 Å². The zero-order valence-corrected chi connectivity index (χ0v) is 25.8. The van der Waals surface area contributed by atoms with Crippen molar-refractivity contribution in [1.82, 2.24) is 0 Å². The number of halogens is 4. The average molecular weight is 668 g/mol. The molecule has 44 heavy (non-hydrogen) atoms. The zero-order chi connectivity index (χ0) is 31.5. The van der Waals surface area contributed by atoms with Crippen LogP contribution in [0.2, 0.25) is 20.1 Å². The first-order chi connectivity index (χ1) is 21.1. The molecule has 11 heteroatoms. The lowest BCUT2D eigenvalue weighted by molar-refractivity contribution is 0.0687. The Kier molecular flexibility index (Phi) is 9.22. The van der Waals surface area contributed by atoms with Crippen LogP contribution in [0.1, 0.15) is 20.7 Å². The van der Waals surface area contributed by atoms with E-state index in [0.717, 1.165) is 5.56 Å². The lowest BCUT2D eigenvalue weighted by Gasteiger charge is -2.20. The van der Waals surface area contributed by atoms with Gasteiger partial charge in [-0.25, -0.2) is 9.59 Å². The Morgan fingerprint density at radius 3 is 1.91 bits per heavy atom. The van der Waals surface area contributed by atoms with Crippen LogP contribution in [0.3, 0.4) is 0 Å². The van der Waals surface area contributed by atoms with Gasteiger partial charge in [-0.05, 0) is 59.2 Å². The fraction of sp³-hybridized carbons (Fsp3) is 0.0303. The summed E-state index contributed by atoms with van der Waals surface area (Å²) in [5.41, 5.74) is 3.44. The van der Waals surface area contributed by atoms with Crippen LogP contribution in [0.15, 0.2) is 91.0 Å². The third-order valence-electron chi connectivity index (χ3n) is 6.79. The summed E-state index contributed by atoms with van der Waals surface area (Å²) in [5, 5.41) is 26.8. The lowest BCUT2D eigenvalue weighted by Crippen LogP contribution is -2.05. The molecule has 7 nitrogen and oxygen atoms in total.